The van der Waals surface area contributed by atoms with Gasteiger partial charge in [-0.05, 0) is 42.0 Å². The standard InChI is InChI=1S/C19H15N5O/c20-18-7-5-14(10-22-18)13-4-6-17-16(9-13)19(25)24(12-23-17)11-15-3-1-2-8-21-15/h1-10,12H,11H2,(H2,20,22). The number of hydrogen-bond donors (Lipinski definition) is 1. The molecule has 0 amide bonds. The van der Waals surface area contributed by atoms with Gasteiger partial charge in [-0.3, -0.25) is 14.3 Å². The zero-order valence-electron chi connectivity index (χ0n) is 13.3. The molecule has 4 rings (SSSR count). The fraction of sp³-hybridized carbons (Fsp3) is 0.0526. The maximum atomic E-state index is 12.8. The van der Waals surface area contributed by atoms with E-state index >= 15 is 0 Å². The third-order valence-electron chi connectivity index (χ3n) is 4.00. The number of rotatable bonds is 3. The highest BCUT2D eigenvalue weighted by molar-refractivity contribution is 5.83. The van der Waals surface area contributed by atoms with Crippen LogP contribution < -0.4 is 11.3 Å². The number of nitrogen functional groups attached to an aromatic ring is 1. The van der Waals surface area contributed by atoms with Gasteiger partial charge < -0.3 is 5.73 Å². The van der Waals surface area contributed by atoms with E-state index in [2.05, 4.69) is 15.0 Å². The van der Waals surface area contributed by atoms with Crippen molar-refractivity contribution in [2.24, 2.45) is 0 Å². The molecule has 0 aliphatic rings. The average Bonchev–Trinajstić information content (AvgIpc) is 2.65. The van der Waals surface area contributed by atoms with Crippen LogP contribution in [0.2, 0.25) is 0 Å². The molecular weight excluding hydrogens is 314 g/mol. The van der Waals surface area contributed by atoms with Crippen molar-refractivity contribution in [3.63, 3.8) is 0 Å². The summed E-state index contributed by atoms with van der Waals surface area (Å²) in [6.45, 7) is 0.385. The van der Waals surface area contributed by atoms with Gasteiger partial charge in [-0.25, -0.2) is 9.97 Å². The van der Waals surface area contributed by atoms with E-state index in [0.717, 1.165) is 16.8 Å². The molecule has 0 unspecified atom stereocenters. The van der Waals surface area contributed by atoms with E-state index in [1.165, 1.54) is 0 Å². The number of pyridine rings is 2. The molecule has 6 heteroatoms. The van der Waals surface area contributed by atoms with Crippen LogP contribution in [-0.4, -0.2) is 19.5 Å². The van der Waals surface area contributed by atoms with E-state index in [0.29, 0.717) is 23.3 Å². The summed E-state index contributed by atoms with van der Waals surface area (Å²) >= 11 is 0. The molecule has 0 radical (unpaired) electrons. The summed E-state index contributed by atoms with van der Waals surface area (Å²) in [6, 6.07) is 14.8. The molecule has 0 aliphatic carbocycles. The van der Waals surface area contributed by atoms with Gasteiger partial charge in [0.25, 0.3) is 5.56 Å². The van der Waals surface area contributed by atoms with Gasteiger partial charge in [-0.2, -0.15) is 0 Å². The molecule has 25 heavy (non-hydrogen) atoms. The maximum absolute atomic E-state index is 12.8. The first-order valence-corrected chi connectivity index (χ1v) is 7.82. The maximum Gasteiger partial charge on any atom is 0.261 e. The highest BCUT2D eigenvalue weighted by atomic mass is 16.1. The second-order valence-electron chi connectivity index (χ2n) is 5.70. The highest BCUT2D eigenvalue weighted by Gasteiger charge is 2.07. The number of hydrogen-bond acceptors (Lipinski definition) is 5. The van der Waals surface area contributed by atoms with Crippen LogP contribution >= 0.6 is 0 Å². The lowest BCUT2D eigenvalue weighted by atomic mass is 10.1. The molecule has 4 aromatic rings. The van der Waals surface area contributed by atoms with Crippen molar-refractivity contribution >= 4 is 16.7 Å². The van der Waals surface area contributed by atoms with E-state index in [-0.39, 0.29) is 5.56 Å². The molecule has 0 saturated carbocycles. The van der Waals surface area contributed by atoms with Crippen LogP contribution in [-0.2, 0) is 6.54 Å². The Morgan fingerprint density at radius 2 is 1.84 bits per heavy atom. The van der Waals surface area contributed by atoms with Crippen molar-refractivity contribution in [2.45, 2.75) is 6.54 Å². The summed E-state index contributed by atoms with van der Waals surface area (Å²) in [6.07, 6.45) is 4.96. The van der Waals surface area contributed by atoms with Crippen LogP contribution in [0, 0.1) is 0 Å². The van der Waals surface area contributed by atoms with Crippen LogP contribution in [0.4, 0.5) is 5.82 Å². The Balaban J connectivity index is 1.79. The molecule has 122 valence electrons. The van der Waals surface area contributed by atoms with Gasteiger partial charge in [0, 0.05) is 18.0 Å². The lowest BCUT2D eigenvalue weighted by molar-refractivity contribution is 0.730. The SMILES string of the molecule is Nc1ccc(-c2ccc3ncn(Cc4ccccn4)c(=O)c3c2)cn1. The van der Waals surface area contributed by atoms with Crippen LogP contribution in [0.1, 0.15) is 5.69 Å². The van der Waals surface area contributed by atoms with Crippen molar-refractivity contribution in [2.75, 3.05) is 5.73 Å². The minimum atomic E-state index is -0.0964. The topological polar surface area (TPSA) is 86.7 Å². The predicted molar refractivity (Wildman–Crippen MR) is 97.0 cm³/mol. The first-order chi connectivity index (χ1) is 12.2. The van der Waals surface area contributed by atoms with E-state index < -0.39 is 0 Å². The van der Waals surface area contributed by atoms with Gasteiger partial charge in [-0.15, -0.1) is 0 Å². The molecule has 1 aromatic carbocycles. The van der Waals surface area contributed by atoms with Crippen molar-refractivity contribution in [1.29, 1.82) is 0 Å². The van der Waals surface area contributed by atoms with Gasteiger partial charge in [-0.1, -0.05) is 12.1 Å². The minimum Gasteiger partial charge on any atom is -0.384 e. The number of nitrogens with zero attached hydrogens (tertiary/aromatic N) is 4. The van der Waals surface area contributed by atoms with Gasteiger partial charge in [0.2, 0.25) is 0 Å². The molecular formula is C19H15N5O. The molecule has 0 fully saturated rings. The summed E-state index contributed by atoms with van der Waals surface area (Å²) in [5.41, 5.74) is 8.80. The van der Waals surface area contributed by atoms with Gasteiger partial charge in [0.1, 0.15) is 5.82 Å². The van der Waals surface area contributed by atoms with Gasteiger partial charge in [0.15, 0.2) is 0 Å². The van der Waals surface area contributed by atoms with E-state index in [1.807, 2.05) is 42.5 Å². The first-order valence-electron chi connectivity index (χ1n) is 7.82. The lowest BCUT2D eigenvalue weighted by Gasteiger charge is -2.08. The average molecular weight is 329 g/mol. The molecule has 0 bridgehead atoms. The summed E-state index contributed by atoms with van der Waals surface area (Å²) in [5, 5.41) is 0.563. The van der Waals surface area contributed by atoms with E-state index in [4.69, 9.17) is 5.73 Å². The second-order valence-corrected chi connectivity index (χ2v) is 5.70. The molecule has 3 heterocycles. The number of nitrogens with two attached hydrogens (primary N) is 1. The Hall–Kier alpha value is -3.54. The number of aromatic nitrogens is 4. The van der Waals surface area contributed by atoms with Gasteiger partial charge >= 0.3 is 0 Å². The van der Waals surface area contributed by atoms with Crippen LogP contribution in [0.15, 0.2) is 72.0 Å². The smallest absolute Gasteiger partial charge is 0.261 e. The van der Waals surface area contributed by atoms with E-state index in [1.54, 1.807) is 29.4 Å². The third kappa shape index (κ3) is 2.97. The Morgan fingerprint density at radius 1 is 0.960 bits per heavy atom. The number of fused-ring (bicyclic) bond motifs is 1. The second kappa shape index (κ2) is 6.16. The van der Waals surface area contributed by atoms with Crippen LogP contribution in [0.5, 0.6) is 0 Å². The van der Waals surface area contributed by atoms with Crippen molar-refractivity contribution < 1.29 is 0 Å². The lowest BCUT2D eigenvalue weighted by Crippen LogP contribution is -2.21. The molecule has 0 saturated heterocycles. The summed E-state index contributed by atoms with van der Waals surface area (Å²) < 4.78 is 1.57. The molecule has 2 N–H and O–H groups in total. The van der Waals surface area contributed by atoms with Crippen LogP contribution in [0.3, 0.4) is 0 Å². The summed E-state index contributed by atoms with van der Waals surface area (Å²) in [4.78, 5) is 25.6. The molecule has 0 aliphatic heterocycles. The predicted octanol–water partition coefficient (Wildman–Crippen LogP) is 2.48. The molecule has 6 nitrogen and oxygen atoms in total. The van der Waals surface area contributed by atoms with Crippen molar-refractivity contribution in [3.8, 4) is 11.1 Å². The molecule has 0 spiro atoms. The Labute approximate surface area is 143 Å². The van der Waals surface area contributed by atoms with E-state index in [9.17, 15) is 4.79 Å². The van der Waals surface area contributed by atoms with Crippen molar-refractivity contribution in [3.05, 3.63) is 83.3 Å². The summed E-state index contributed by atoms with van der Waals surface area (Å²) in [7, 11) is 0. The summed E-state index contributed by atoms with van der Waals surface area (Å²) in [5.74, 6) is 0.462. The Bertz CT molecular complexity index is 1090. The zero-order valence-corrected chi connectivity index (χ0v) is 13.3. The fourth-order valence-electron chi connectivity index (χ4n) is 2.69. The Kier molecular flexibility index (Phi) is 3.70. The monoisotopic (exact) mass is 329 g/mol. The third-order valence-corrected chi connectivity index (χ3v) is 4.00. The zero-order chi connectivity index (χ0) is 17.2. The highest BCUT2D eigenvalue weighted by Crippen LogP contribution is 2.22. The quantitative estimate of drug-likeness (QED) is 0.624. The normalized spacial score (nSPS) is 10.9. The number of benzene rings is 1. The minimum absolute atomic E-state index is 0.0964. The molecule has 3 aromatic heterocycles. The fourth-order valence-corrected chi connectivity index (χ4v) is 2.69. The first kappa shape index (κ1) is 15.0. The largest absolute Gasteiger partial charge is 0.384 e. The Morgan fingerprint density at radius 3 is 2.60 bits per heavy atom. The number of anilines is 1. The van der Waals surface area contributed by atoms with Crippen LogP contribution in [0.25, 0.3) is 22.0 Å². The molecule has 0 atom stereocenters. The van der Waals surface area contributed by atoms with Gasteiger partial charge in [0.05, 0.1) is 29.5 Å². The van der Waals surface area contributed by atoms with Crippen molar-refractivity contribution in [1.82, 2.24) is 19.5 Å².